The second-order valence-electron chi connectivity index (χ2n) is 6.83. The minimum absolute atomic E-state index is 0.151. The van der Waals surface area contributed by atoms with Crippen molar-refractivity contribution in [2.24, 2.45) is 11.8 Å². The minimum atomic E-state index is -0.151. The van der Waals surface area contributed by atoms with Gasteiger partial charge in [0.25, 0.3) is 0 Å². The molecule has 1 saturated heterocycles. The number of hydrogen-bond donors (Lipinski definition) is 0. The second-order valence-corrected chi connectivity index (χ2v) is 10.0. The lowest BCUT2D eigenvalue weighted by Gasteiger charge is -2.36. The number of para-hydroxylation sites is 1. The summed E-state index contributed by atoms with van der Waals surface area (Å²) in [5.41, 5.74) is 0.952. The van der Waals surface area contributed by atoms with Crippen LogP contribution in [0.5, 0.6) is 0 Å². The lowest BCUT2D eigenvalue weighted by Crippen LogP contribution is -2.45. The van der Waals surface area contributed by atoms with Crippen molar-refractivity contribution in [2.75, 3.05) is 13.1 Å². The number of benzene rings is 1. The zero-order valence-electron chi connectivity index (χ0n) is 14.7. The maximum Gasteiger partial charge on any atom is 0.235 e. The van der Waals surface area contributed by atoms with Gasteiger partial charge >= 0.3 is 0 Å². The van der Waals surface area contributed by atoms with Crippen LogP contribution in [0.25, 0.3) is 5.69 Å². The van der Waals surface area contributed by atoms with E-state index in [2.05, 4.69) is 18.9 Å². The van der Waals surface area contributed by atoms with Gasteiger partial charge in [-0.05, 0) is 49.5 Å². The normalized spacial score (nSPS) is 22.0. The number of carbonyl (C=O) groups is 1. The quantitative estimate of drug-likeness (QED) is 0.560. The Morgan fingerprint density at radius 2 is 1.92 bits per heavy atom. The van der Waals surface area contributed by atoms with Crippen molar-refractivity contribution in [3.05, 3.63) is 34.3 Å². The van der Waals surface area contributed by atoms with E-state index in [1.807, 2.05) is 42.2 Å². The van der Waals surface area contributed by atoms with Gasteiger partial charge in [-0.3, -0.25) is 4.79 Å². The summed E-state index contributed by atoms with van der Waals surface area (Å²) in [6.07, 6.45) is 1.20. The highest BCUT2D eigenvalue weighted by molar-refractivity contribution is 8.02. The Bertz CT molecular complexity index is 776. The number of aromatic nitrogens is 2. The van der Waals surface area contributed by atoms with Gasteiger partial charge in [0.05, 0.1) is 10.9 Å². The van der Waals surface area contributed by atoms with Gasteiger partial charge in [-0.25, -0.2) is 4.68 Å². The molecular formula is C18H23N3OS3. The highest BCUT2D eigenvalue weighted by atomic mass is 32.2. The van der Waals surface area contributed by atoms with E-state index in [4.69, 9.17) is 12.2 Å². The average Bonchev–Trinajstić information content (AvgIpc) is 2.94. The summed E-state index contributed by atoms with van der Waals surface area (Å²) in [5, 5.41) is 4.45. The third kappa shape index (κ3) is 4.51. The lowest BCUT2D eigenvalue weighted by atomic mass is 9.92. The van der Waals surface area contributed by atoms with Crippen LogP contribution in [0.1, 0.15) is 27.2 Å². The first kappa shape index (κ1) is 18.6. The number of likely N-dealkylation sites (tertiary alicyclic amines) is 1. The van der Waals surface area contributed by atoms with Crippen LogP contribution in [0.3, 0.4) is 0 Å². The van der Waals surface area contributed by atoms with Crippen LogP contribution in [0.2, 0.25) is 0 Å². The van der Waals surface area contributed by atoms with Gasteiger partial charge in [-0.1, -0.05) is 55.1 Å². The van der Waals surface area contributed by atoms with Crippen molar-refractivity contribution >= 4 is 41.2 Å². The molecule has 134 valence electrons. The zero-order valence-corrected chi connectivity index (χ0v) is 17.2. The molecule has 4 nitrogen and oxygen atoms in total. The van der Waals surface area contributed by atoms with Crippen LogP contribution in [0.15, 0.2) is 34.7 Å². The number of hydrogen-bond acceptors (Lipinski definition) is 5. The molecular weight excluding hydrogens is 370 g/mol. The van der Waals surface area contributed by atoms with E-state index in [1.54, 1.807) is 4.68 Å². The summed E-state index contributed by atoms with van der Waals surface area (Å²) >= 11 is 8.41. The van der Waals surface area contributed by atoms with Crippen molar-refractivity contribution in [3.63, 3.8) is 0 Å². The highest BCUT2D eigenvalue weighted by Gasteiger charge is 2.29. The smallest absolute Gasteiger partial charge is 0.235 e. The van der Waals surface area contributed by atoms with Crippen LogP contribution in [-0.4, -0.2) is 38.9 Å². The molecule has 3 atom stereocenters. The first-order valence-corrected chi connectivity index (χ1v) is 10.7. The predicted molar refractivity (Wildman–Crippen MR) is 107 cm³/mol. The van der Waals surface area contributed by atoms with E-state index >= 15 is 0 Å². The average molecular weight is 394 g/mol. The first-order chi connectivity index (χ1) is 11.9. The van der Waals surface area contributed by atoms with Crippen molar-refractivity contribution < 1.29 is 4.79 Å². The number of nitrogens with zero attached hydrogens (tertiary/aromatic N) is 3. The molecule has 1 aliphatic heterocycles. The molecule has 2 aromatic rings. The second kappa shape index (κ2) is 8.01. The lowest BCUT2D eigenvalue weighted by molar-refractivity contribution is -0.132. The Hall–Kier alpha value is -1.18. The van der Waals surface area contributed by atoms with Crippen LogP contribution in [-0.2, 0) is 4.79 Å². The monoisotopic (exact) mass is 393 g/mol. The zero-order chi connectivity index (χ0) is 18.0. The fourth-order valence-electron chi connectivity index (χ4n) is 3.34. The van der Waals surface area contributed by atoms with Crippen molar-refractivity contribution in [2.45, 2.75) is 36.8 Å². The van der Waals surface area contributed by atoms with Gasteiger partial charge in [0.2, 0.25) is 5.91 Å². The molecule has 0 aliphatic carbocycles. The van der Waals surface area contributed by atoms with E-state index in [0.717, 1.165) is 23.1 Å². The summed E-state index contributed by atoms with van der Waals surface area (Å²) in [6.45, 7) is 8.14. The summed E-state index contributed by atoms with van der Waals surface area (Å²) in [7, 11) is 0. The fourth-order valence-corrected chi connectivity index (χ4v) is 5.93. The van der Waals surface area contributed by atoms with Crippen molar-refractivity contribution in [1.82, 2.24) is 14.7 Å². The molecule has 0 spiro atoms. The van der Waals surface area contributed by atoms with Crippen LogP contribution >= 0.6 is 35.3 Å². The number of amides is 1. The predicted octanol–water partition coefficient (Wildman–Crippen LogP) is 4.65. The van der Waals surface area contributed by atoms with Crippen LogP contribution in [0.4, 0.5) is 0 Å². The van der Waals surface area contributed by atoms with E-state index in [1.165, 1.54) is 29.5 Å². The number of rotatable bonds is 4. The molecule has 1 amide bonds. The number of carbonyl (C=O) groups excluding carboxylic acids is 1. The summed E-state index contributed by atoms with van der Waals surface area (Å²) in [5.74, 6) is 1.35. The maximum atomic E-state index is 12.8. The Labute approximate surface area is 162 Å². The molecule has 0 saturated carbocycles. The standard InChI is InChI=1S/C18H23N3OS3/c1-12-9-13(2)11-20(10-12)16(22)14(3)24-17-19-21(18(23)25-17)15-7-5-4-6-8-15/h4-8,12-14H,9-11H2,1-3H3/t12-,13+,14-/m0/s1. The maximum absolute atomic E-state index is 12.8. The fraction of sp³-hybridized carbons (Fsp3) is 0.500. The molecule has 1 aromatic heterocycles. The van der Waals surface area contributed by atoms with E-state index in [0.29, 0.717) is 15.8 Å². The minimum Gasteiger partial charge on any atom is -0.341 e. The number of piperidine rings is 1. The van der Waals surface area contributed by atoms with Gasteiger partial charge < -0.3 is 4.90 Å². The molecule has 1 fully saturated rings. The highest BCUT2D eigenvalue weighted by Crippen LogP contribution is 2.30. The van der Waals surface area contributed by atoms with E-state index in [-0.39, 0.29) is 11.2 Å². The van der Waals surface area contributed by atoms with E-state index < -0.39 is 0 Å². The van der Waals surface area contributed by atoms with Gasteiger partial charge in [0.1, 0.15) is 0 Å². The molecule has 3 rings (SSSR count). The Morgan fingerprint density at radius 1 is 1.28 bits per heavy atom. The van der Waals surface area contributed by atoms with E-state index in [9.17, 15) is 4.79 Å². The first-order valence-electron chi connectivity index (χ1n) is 8.55. The van der Waals surface area contributed by atoms with Crippen LogP contribution < -0.4 is 0 Å². The Morgan fingerprint density at radius 3 is 2.56 bits per heavy atom. The molecule has 0 bridgehead atoms. The summed E-state index contributed by atoms with van der Waals surface area (Å²) < 4.78 is 3.31. The molecule has 2 heterocycles. The van der Waals surface area contributed by atoms with Crippen molar-refractivity contribution in [3.8, 4) is 5.69 Å². The molecule has 0 radical (unpaired) electrons. The van der Waals surface area contributed by atoms with Gasteiger partial charge in [0.15, 0.2) is 8.29 Å². The van der Waals surface area contributed by atoms with Gasteiger partial charge in [-0.2, -0.15) is 0 Å². The van der Waals surface area contributed by atoms with Gasteiger partial charge in [0, 0.05) is 13.1 Å². The largest absolute Gasteiger partial charge is 0.341 e. The number of thioether (sulfide) groups is 1. The summed E-state index contributed by atoms with van der Waals surface area (Å²) in [4.78, 5) is 14.8. The molecule has 1 aromatic carbocycles. The molecule has 1 aliphatic rings. The van der Waals surface area contributed by atoms with Crippen LogP contribution in [0, 0.1) is 15.8 Å². The Balaban J connectivity index is 1.70. The molecule has 7 heteroatoms. The van der Waals surface area contributed by atoms with Gasteiger partial charge in [-0.15, -0.1) is 5.10 Å². The SMILES string of the molecule is C[C@@H]1C[C@H](C)CN(C(=O)[C@H](C)Sc2nn(-c3ccccc3)c(=S)s2)C1. The molecule has 0 unspecified atom stereocenters. The third-order valence-corrected chi connectivity index (χ3v) is 6.74. The summed E-state index contributed by atoms with van der Waals surface area (Å²) in [6, 6.07) is 9.86. The molecule has 0 N–H and O–H groups in total. The molecule has 25 heavy (non-hydrogen) atoms. The van der Waals surface area contributed by atoms with Crippen molar-refractivity contribution in [1.29, 1.82) is 0 Å². The topological polar surface area (TPSA) is 38.1 Å². The Kier molecular flexibility index (Phi) is 5.96. The third-order valence-electron chi connectivity index (χ3n) is 4.34.